The largest absolute Gasteiger partial charge is 0.352 e. The van der Waals surface area contributed by atoms with Crippen molar-refractivity contribution < 1.29 is 24.0 Å². The fourth-order valence-corrected chi connectivity index (χ4v) is 3.05. The molecule has 1 aromatic rings. The molecule has 1 atom stereocenters. The predicted octanol–water partition coefficient (Wildman–Crippen LogP) is 0.114. The minimum Gasteiger partial charge on any atom is -0.352 e. The molecule has 130 valence electrons. The average molecular weight is 343 g/mol. The quantitative estimate of drug-likeness (QED) is 0.754. The molecule has 1 unspecified atom stereocenters. The van der Waals surface area contributed by atoms with E-state index in [1.54, 1.807) is 19.1 Å². The van der Waals surface area contributed by atoms with Crippen molar-refractivity contribution in [2.75, 3.05) is 0 Å². The molecule has 0 aliphatic carbocycles. The van der Waals surface area contributed by atoms with Crippen LogP contribution in [-0.4, -0.2) is 40.5 Å². The van der Waals surface area contributed by atoms with Crippen molar-refractivity contribution in [2.45, 2.75) is 38.8 Å². The van der Waals surface area contributed by atoms with E-state index in [-0.39, 0.29) is 36.4 Å². The van der Waals surface area contributed by atoms with Crippen molar-refractivity contribution in [2.24, 2.45) is 0 Å². The van der Waals surface area contributed by atoms with Gasteiger partial charge in [0.15, 0.2) is 0 Å². The zero-order chi connectivity index (χ0) is 18.1. The molecule has 0 spiro atoms. The third-order valence-corrected chi connectivity index (χ3v) is 4.35. The molecule has 0 bridgehead atoms. The lowest BCUT2D eigenvalue weighted by atomic mass is 10.0. The first-order valence-electron chi connectivity index (χ1n) is 8.04. The third-order valence-electron chi connectivity index (χ3n) is 4.35. The number of imide groups is 2. The van der Waals surface area contributed by atoms with E-state index in [1.165, 1.54) is 6.07 Å². The summed E-state index contributed by atoms with van der Waals surface area (Å²) >= 11 is 0. The van der Waals surface area contributed by atoms with E-state index in [2.05, 4.69) is 10.6 Å². The van der Waals surface area contributed by atoms with Crippen LogP contribution in [0.15, 0.2) is 18.2 Å². The molecule has 0 saturated carbocycles. The molecule has 2 heterocycles. The Labute approximate surface area is 143 Å². The standard InChI is InChI=1S/C17H17N3O5/c1-2-12(21)18-8-9-4-3-5-10-14(9)17(25)20(16(10)24)11-6-7-13(22)19-15(11)23/h3-5,11H,2,6-8H2,1H3,(H,18,21)(H,19,22,23). The fraction of sp³-hybridized carbons (Fsp3) is 0.353. The van der Waals surface area contributed by atoms with E-state index < -0.39 is 29.7 Å². The third kappa shape index (κ3) is 2.90. The maximum Gasteiger partial charge on any atom is 0.262 e. The highest BCUT2D eigenvalue weighted by molar-refractivity contribution is 6.24. The van der Waals surface area contributed by atoms with Crippen LogP contribution in [0, 0.1) is 0 Å². The number of nitrogens with one attached hydrogen (secondary N) is 2. The number of hydrogen-bond acceptors (Lipinski definition) is 5. The molecule has 3 rings (SSSR count). The molecule has 5 amide bonds. The Morgan fingerprint density at radius 3 is 2.68 bits per heavy atom. The second-order valence-electron chi connectivity index (χ2n) is 5.92. The molecule has 0 radical (unpaired) electrons. The number of piperidine rings is 1. The van der Waals surface area contributed by atoms with Crippen molar-refractivity contribution in [3.8, 4) is 0 Å². The summed E-state index contributed by atoms with van der Waals surface area (Å²) in [5.41, 5.74) is 0.930. The summed E-state index contributed by atoms with van der Waals surface area (Å²) in [7, 11) is 0. The number of carbonyl (C=O) groups excluding carboxylic acids is 5. The van der Waals surface area contributed by atoms with Crippen LogP contribution in [0.25, 0.3) is 0 Å². The summed E-state index contributed by atoms with van der Waals surface area (Å²) in [6.07, 6.45) is 0.492. The number of fused-ring (bicyclic) bond motifs is 1. The lowest BCUT2D eigenvalue weighted by Crippen LogP contribution is -2.54. The summed E-state index contributed by atoms with van der Waals surface area (Å²) in [6, 6.07) is 3.81. The van der Waals surface area contributed by atoms with Gasteiger partial charge in [-0.15, -0.1) is 0 Å². The Kier molecular flexibility index (Phi) is 4.35. The van der Waals surface area contributed by atoms with E-state index >= 15 is 0 Å². The second kappa shape index (κ2) is 6.46. The highest BCUT2D eigenvalue weighted by atomic mass is 16.2. The lowest BCUT2D eigenvalue weighted by Gasteiger charge is -2.27. The fourth-order valence-electron chi connectivity index (χ4n) is 3.05. The van der Waals surface area contributed by atoms with Gasteiger partial charge in [0.1, 0.15) is 6.04 Å². The average Bonchev–Trinajstić information content (AvgIpc) is 2.85. The van der Waals surface area contributed by atoms with Gasteiger partial charge in [0, 0.05) is 19.4 Å². The van der Waals surface area contributed by atoms with Crippen molar-refractivity contribution in [3.05, 3.63) is 34.9 Å². The summed E-state index contributed by atoms with van der Waals surface area (Å²) < 4.78 is 0. The van der Waals surface area contributed by atoms with Crippen LogP contribution in [0.4, 0.5) is 0 Å². The molecular formula is C17H17N3O5. The molecule has 2 N–H and O–H groups in total. The summed E-state index contributed by atoms with van der Waals surface area (Å²) in [6.45, 7) is 1.84. The van der Waals surface area contributed by atoms with Crippen LogP contribution < -0.4 is 10.6 Å². The van der Waals surface area contributed by atoms with Crippen LogP contribution >= 0.6 is 0 Å². The van der Waals surface area contributed by atoms with Crippen LogP contribution in [0.5, 0.6) is 0 Å². The Morgan fingerprint density at radius 1 is 1.24 bits per heavy atom. The first kappa shape index (κ1) is 16.8. The number of nitrogens with zero attached hydrogens (tertiary/aromatic N) is 1. The van der Waals surface area contributed by atoms with Crippen molar-refractivity contribution in [1.29, 1.82) is 0 Å². The zero-order valence-electron chi connectivity index (χ0n) is 13.6. The van der Waals surface area contributed by atoms with E-state index in [0.717, 1.165) is 4.90 Å². The highest BCUT2D eigenvalue weighted by Crippen LogP contribution is 2.29. The zero-order valence-corrected chi connectivity index (χ0v) is 13.6. The first-order chi connectivity index (χ1) is 11.9. The van der Waals surface area contributed by atoms with Gasteiger partial charge in [-0.1, -0.05) is 19.1 Å². The second-order valence-corrected chi connectivity index (χ2v) is 5.92. The van der Waals surface area contributed by atoms with Gasteiger partial charge >= 0.3 is 0 Å². The molecule has 0 aromatic heterocycles. The van der Waals surface area contributed by atoms with E-state index in [0.29, 0.717) is 12.0 Å². The highest BCUT2D eigenvalue weighted by Gasteiger charge is 2.45. The van der Waals surface area contributed by atoms with Gasteiger partial charge in [-0.3, -0.25) is 34.2 Å². The van der Waals surface area contributed by atoms with Crippen LogP contribution in [0.2, 0.25) is 0 Å². The van der Waals surface area contributed by atoms with Crippen LogP contribution in [0.1, 0.15) is 52.5 Å². The number of benzene rings is 1. The summed E-state index contributed by atoms with van der Waals surface area (Å²) in [5, 5.41) is 4.83. The monoisotopic (exact) mass is 343 g/mol. The van der Waals surface area contributed by atoms with Gasteiger partial charge in [-0.25, -0.2) is 0 Å². The minimum absolute atomic E-state index is 0.0726. The van der Waals surface area contributed by atoms with Crippen molar-refractivity contribution in [1.82, 2.24) is 15.5 Å². The molecular weight excluding hydrogens is 326 g/mol. The molecule has 2 aliphatic heterocycles. The van der Waals surface area contributed by atoms with Gasteiger partial charge in [-0.2, -0.15) is 0 Å². The van der Waals surface area contributed by atoms with Crippen molar-refractivity contribution >= 4 is 29.5 Å². The topological polar surface area (TPSA) is 113 Å². The first-order valence-corrected chi connectivity index (χ1v) is 8.04. The number of amides is 5. The van der Waals surface area contributed by atoms with Crippen LogP contribution in [-0.2, 0) is 20.9 Å². The molecule has 1 fully saturated rings. The minimum atomic E-state index is -0.997. The lowest BCUT2D eigenvalue weighted by molar-refractivity contribution is -0.136. The molecule has 8 nitrogen and oxygen atoms in total. The maximum atomic E-state index is 12.8. The van der Waals surface area contributed by atoms with Gasteiger partial charge in [0.05, 0.1) is 11.1 Å². The number of rotatable bonds is 4. The predicted molar refractivity (Wildman–Crippen MR) is 85.3 cm³/mol. The van der Waals surface area contributed by atoms with Crippen LogP contribution in [0.3, 0.4) is 0 Å². The Morgan fingerprint density at radius 2 is 2.00 bits per heavy atom. The Balaban J connectivity index is 1.90. The van der Waals surface area contributed by atoms with Crippen molar-refractivity contribution in [3.63, 3.8) is 0 Å². The number of carbonyl (C=O) groups is 5. The Bertz CT molecular complexity index is 801. The number of hydrogen-bond donors (Lipinski definition) is 2. The normalized spacial score (nSPS) is 19.7. The maximum absolute atomic E-state index is 12.8. The smallest absolute Gasteiger partial charge is 0.262 e. The van der Waals surface area contributed by atoms with Gasteiger partial charge < -0.3 is 5.32 Å². The van der Waals surface area contributed by atoms with E-state index in [9.17, 15) is 24.0 Å². The SMILES string of the molecule is CCC(=O)NCc1cccc2c1C(=O)N(C1CCC(=O)NC1=O)C2=O. The summed E-state index contributed by atoms with van der Waals surface area (Å²) in [4.78, 5) is 61.1. The van der Waals surface area contributed by atoms with Gasteiger partial charge in [0.25, 0.3) is 11.8 Å². The molecule has 1 aromatic carbocycles. The Hall–Kier alpha value is -3.03. The molecule has 1 saturated heterocycles. The molecule has 25 heavy (non-hydrogen) atoms. The van der Waals surface area contributed by atoms with Gasteiger partial charge in [-0.05, 0) is 18.1 Å². The van der Waals surface area contributed by atoms with E-state index in [4.69, 9.17) is 0 Å². The molecule has 2 aliphatic rings. The molecule has 8 heteroatoms. The summed E-state index contributed by atoms with van der Waals surface area (Å²) in [5.74, 6) is -2.36. The van der Waals surface area contributed by atoms with E-state index in [1.807, 2.05) is 0 Å². The van der Waals surface area contributed by atoms with Gasteiger partial charge in [0.2, 0.25) is 17.7 Å².